The van der Waals surface area contributed by atoms with Gasteiger partial charge in [0.25, 0.3) is 0 Å². The maximum atomic E-state index is 10.9. The number of benzene rings is 1. The van der Waals surface area contributed by atoms with Crippen LogP contribution in [0.1, 0.15) is 5.69 Å². The SMILES string of the molecule is Cc1ccc2cccc([NH+]([O-])O)c2n1. The molecule has 0 spiro atoms. The van der Waals surface area contributed by atoms with E-state index in [0.29, 0.717) is 5.52 Å². The van der Waals surface area contributed by atoms with Crippen LogP contribution >= 0.6 is 0 Å². The Morgan fingerprint density at radius 3 is 2.79 bits per heavy atom. The lowest BCUT2D eigenvalue weighted by molar-refractivity contribution is -0.990. The maximum Gasteiger partial charge on any atom is 0.190 e. The van der Waals surface area contributed by atoms with Gasteiger partial charge in [0, 0.05) is 17.1 Å². The second-order valence-electron chi connectivity index (χ2n) is 3.14. The van der Waals surface area contributed by atoms with Crippen molar-refractivity contribution in [1.82, 2.24) is 4.98 Å². The second kappa shape index (κ2) is 3.34. The van der Waals surface area contributed by atoms with Crippen molar-refractivity contribution in [3.8, 4) is 0 Å². The molecule has 1 aromatic heterocycles. The van der Waals surface area contributed by atoms with Gasteiger partial charge >= 0.3 is 0 Å². The van der Waals surface area contributed by atoms with Crippen molar-refractivity contribution in [2.75, 3.05) is 0 Å². The average molecular weight is 190 g/mol. The van der Waals surface area contributed by atoms with Gasteiger partial charge in [-0.3, -0.25) is 0 Å². The van der Waals surface area contributed by atoms with Crippen LogP contribution in [0.25, 0.3) is 10.9 Å². The van der Waals surface area contributed by atoms with Crippen LogP contribution in [-0.2, 0) is 0 Å². The Kier molecular flexibility index (Phi) is 2.17. The Morgan fingerprint density at radius 1 is 1.29 bits per heavy atom. The smallest absolute Gasteiger partial charge is 0.190 e. The first-order valence-electron chi connectivity index (χ1n) is 4.28. The maximum absolute atomic E-state index is 10.9. The van der Waals surface area contributed by atoms with Crippen molar-refractivity contribution in [3.63, 3.8) is 0 Å². The van der Waals surface area contributed by atoms with Gasteiger partial charge in [-0.2, -0.15) is 5.23 Å². The molecule has 0 aliphatic heterocycles. The molecule has 1 heterocycles. The van der Waals surface area contributed by atoms with Gasteiger partial charge < -0.3 is 5.21 Å². The Morgan fingerprint density at radius 2 is 2.07 bits per heavy atom. The molecule has 4 heteroatoms. The molecule has 0 radical (unpaired) electrons. The zero-order chi connectivity index (χ0) is 10.1. The minimum Gasteiger partial charge on any atom is -0.595 e. The van der Waals surface area contributed by atoms with Gasteiger partial charge in [0.1, 0.15) is 5.52 Å². The molecule has 0 aliphatic rings. The van der Waals surface area contributed by atoms with Gasteiger partial charge in [0.05, 0.1) is 0 Å². The van der Waals surface area contributed by atoms with E-state index in [4.69, 9.17) is 5.21 Å². The summed E-state index contributed by atoms with van der Waals surface area (Å²) in [5, 5.41) is 19.7. The van der Waals surface area contributed by atoms with Crippen LogP contribution in [0.4, 0.5) is 5.69 Å². The molecule has 72 valence electrons. The van der Waals surface area contributed by atoms with Crippen LogP contribution in [0.15, 0.2) is 30.3 Å². The predicted molar refractivity (Wildman–Crippen MR) is 52.3 cm³/mol. The fourth-order valence-corrected chi connectivity index (χ4v) is 1.42. The average Bonchev–Trinajstić information content (AvgIpc) is 2.16. The van der Waals surface area contributed by atoms with Gasteiger partial charge in [-0.25, -0.2) is 10.2 Å². The first-order chi connectivity index (χ1) is 6.68. The highest BCUT2D eigenvalue weighted by Crippen LogP contribution is 2.18. The third-order valence-electron chi connectivity index (χ3n) is 2.09. The normalized spacial score (nSPS) is 13.1. The van der Waals surface area contributed by atoms with Crippen LogP contribution in [0.2, 0.25) is 0 Å². The van der Waals surface area contributed by atoms with E-state index < -0.39 is 5.23 Å². The number of hydrogen-bond acceptors (Lipinski definition) is 3. The zero-order valence-electron chi connectivity index (χ0n) is 7.69. The molecule has 2 rings (SSSR count). The lowest BCUT2D eigenvalue weighted by Crippen LogP contribution is -2.99. The molecular weight excluding hydrogens is 180 g/mol. The van der Waals surface area contributed by atoms with E-state index in [1.54, 1.807) is 12.1 Å². The summed E-state index contributed by atoms with van der Waals surface area (Å²) in [7, 11) is 0. The molecule has 0 saturated carbocycles. The molecule has 0 aliphatic carbocycles. The summed E-state index contributed by atoms with van der Waals surface area (Å²) in [6.45, 7) is 1.85. The quantitative estimate of drug-likeness (QED) is 0.658. The third-order valence-corrected chi connectivity index (χ3v) is 2.09. The summed E-state index contributed by atoms with van der Waals surface area (Å²) in [5.41, 5.74) is 1.64. The van der Waals surface area contributed by atoms with Gasteiger partial charge in [-0.15, -0.1) is 0 Å². The van der Waals surface area contributed by atoms with E-state index in [1.807, 2.05) is 25.1 Å². The molecule has 0 bridgehead atoms. The molecule has 2 N–H and O–H groups in total. The van der Waals surface area contributed by atoms with Crippen LogP contribution in [0, 0.1) is 12.1 Å². The van der Waals surface area contributed by atoms with Crippen LogP contribution in [0.5, 0.6) is 0 Å². The van der Waals surface area contributed by atoms with Crippen molar-refractivity contribution < 1.29 is 10.4 Å². The number of hydrogen-bond donors (Lipinski definition) is 2. The second-order valence-corrected chi connectivity index (χ2v) is 3.14. The highest BCUT2D eigenvalue weighted by molar-refractivity contribution is 5.86. The molecule has 1 unspecified atom stereocenters. The van der Waals surface area contributed by atoms with Crippen molar-refractivity contribution in [2.24, 2.45) is 0 Å². The molecular formula is C10H10N2O2. The monoisotopic (exact) mass is 190 g/mol. The van der Waals surface area contributed by atoms with E-state index in [0.717, 1.165) is 11.1 Å². The van der Waals surface area contributed by atoms with Crippen molar-refractivity contribution >= 4 is 16.6 Å². The topological polar surface area (TPSA) is 60.6 Å². The molecule has 0 fully saturated rings. The van der Waals surface area contributed by atoms with Gasteiger partial charge in [0.15, 0.2) is 5.69 Å². The van der Waals surface area contributed by atoms with Gasteiger partial charge in [-0.05, 0) is 13.0 Å². The number of para-hydroxylation sites is 1. The lowest BCUT2D eigenvalue weighted by atomic mass is 10.2. The number of pyridine rings is 1. The van der Waals surface area contributed by atoms with E-state index in [2.05, 4.69) is 4.98 Å². The van der Waals surface area contributed by atoms with Crippen molar-refractivity contribution in [1.29, 1.82) is 0 Å². The summed E-state index contributed by atoms with van der Waals surface area (Å²) >= 11 is 0. The first-order valence-corrected chi connectivity index (χ1v) is 4.28. The number of fused-ring (bicyclic) bond motifs is 1. The fraction of sp³-hybridized carbons (Fsp3) is 0.100. The Hall–Kier alpha value is -1.49. The third kappa shape index (κ3) is 1.46. The molecule has 0 amide bonds. The summed E-state index contributed by atoms with van der Waals surface area (Å²) in [4.78, 5) is 4.22. The minimum atomic E-state index is -0.936. The molecule has 0 saturated heterocycles. The molecule has 1 aromatic carbocycles. The molecule has 14 heavy (non-hydrogen) atoms. The molecule has 4 nitrogen and oxygen atoms in total. The number of aryl methyl sites for hydroxylation is 1. The minimum absolute atomic E-state index is 0.256. The number of aromatic nitrogens is 1. The van der Waals surface area contributed by atoms with Gasteiger partial charge in [-0.1, -0.05) is 18.2 Å². The largest absolute Gasteiger partial charge is 0.595 e. The van der Waals surface area contributed by atoms with Gasteiger partial charge in [0.2, 0.25) is 0 Å². The van der Waals surface area contributed by atoms with Crippen LogP contribution in [0.3, 0.4) is 0 Å². The fourth-order valence-electron chi connectivity index (χ4n) is 1.42. The lowest BCUT2D eigenvalue weighted by Gasteiger charge is -2.13. The van der Waals surface area contributed by atoms with E-state index in [-0.39, 0.29) is 5.69 Å². The number of nitrogens with zero attached hydrogens (tertiary/aromatic N) is 1. The van der Waals surface area contributed by atoms with E-state index in [1.165, 1.54) is 0 Å². The number of rotatable bonds is 1. The Labute approximate surface area is 81.0 Å². The summed E-state index contributed by atoms with van der Waals surface area (Å²) in [6.07, 6.45) is 0. The summed E-state index contributed by atoms with van der Waals surface area (Å²) in [6, 6.07) is 8.90. The zero-order valence-corrected chi connectivity index (χ0v) is 7.69. The van der Waals surface area contributed by atoms with Crippen molar-refractivity contribution in [2.45, 2.75) is 6.92 Å². The predicted octanol–water partition coefficient (Wildman–Crippen LogP) is 0.947. The number of nitrogens with one attached hydrogen (secondary N) is 1. The summed E-state index contributed by atoms with van der Waals surface area (Å²) < 4.78 is 0. The van der Waals surface area contributed by atoms with Crippen molar-refractivity contribution in [3.05, 3.63) is 41.2 Å². The number of quaternary nitrogens is 1. The summed E-state index contributed by atoms with van der Waals surface area (Å²) in [5.74, 6) is 0. The molecule has 2 aromatic rings. The standard InChI is InChI=1S/C10H10N2O2/c1-7-5-6-8-3-2-4-9(12(13)14)10(8)11-7/h2-6,12-13H,1H3. The Balaban J connectivity index is 2.77. The van der Waals surface area contributed by atoms with E-state index in [9.17, 15) is 5.21 Å². The van der Waals surface area contributed by atoms with Crippen LogP contribution in [-0.4, -0.2) is 10.2 Å². The van der Waals surface area contributed by atoms with Crippen LogP contribution < -0.4 is 5.23 Å². The Bertz CT molecular complexity index is 469. The highest BCUT2D eigenvalue weighted by atomic mass is 16.8. The van der Waals surface area contributed by atoms with E-state index >= 15 is 0 Å². The highest BCUT2D eigenvalue weighted by Gasteiger charge is 2.07. The molecule has 1 atom stereocenters. The first kappa shape index (κ1) is 9.08.